The molecule has 0 aliphatic rings. The van der Waals surface area contributed by atoms with Gasteiger partial charge < -0.3 is 10.1 Å². The van der Waals surface area contributed by atoms with Gasteiger partial charge in [0.25, 0.3) is 15.9 Å². The van der Waals surface area contributed by atoms with Gasteiger partial charge in [0.15, 0.2) is 0 Å². The van der Waals surface area contributed by atoms with Crippen LogP contribution < -0.4 is 14.8 Å². The van der Waals surface area contributed by atoms with Crippen molar-refractivity contribution < 1.29 is 22.3 Å². The highest BCUT2D eigenvalue weighted by molar-refractivity contribution is 7.92. The number of ether oxygens (including phenoxy) is 1. The van der Waals surface area contributed by atoms with Crippen molar-refractivity contribution >= 4 is 50.5 Å². The number of methoxy groups -OCH3 is 1. The molecule has 10 heteroatoms. The second kappa shape index (κ2) is 8.91. The Kier molecular flexibility index (Phi) is 6.50. The number of hydrogen-bond acceptors (Lipinski definition) is 4. The Morgan fingerprint density at radius 3 is 2.40 bits per heavy atom. The molecule has 30 heavy (non-hydrogen) atoms. The van der Waals surface area contributed by atoms with Crippen LogP contribution in [0.3, 0.4) is 0 Å². The average molecular weight is 469 g/mol. The summed E-state index contributed by atoms with van der Waals surface area (Å²) in [7, 11) is -2.78. The third-order valence-corrected chi connectivity index (χ3v) is 5.95. The third kappa shape index (κ3) is 4.84. The molecule has 0 radical (unpaired) electrons. The highest BCUT2D eigenvalue weighted by Crippen LogP contribution is 2.30. The van der Waals surface area contributed by atoms with Crippen LogP contribution in [-0.4, -0.2) is 21.4 Å². The fraction of sp³-hybridized carbons (Fsp3) is 0.0500. The Balaban J connectivity index is 1.85. The van der Waals surface area contributed by atoms with Crippen LogP contribution in [0.25, 0.3) is 0 Å². The summed E-state index contributed by atoms with van der Waals surface area (Å²) in [6.07, 6.45) is 0. The minimum atomic E-state index is -4.15. The first kappa shape index (κ1) is 21.9. The Morgan fingerprint density at radius 1 is 1.00 bits per heavy atom. The molecule has 156 valence electrons. The number of halogens is 3. The van der Waals surface area contributed by atoms with Gasteiger partial charge in [0.1, 0.15) is 11.6 Å². The van der Waals surface area contributed by atoms with Crippen molar-refractivity contribution in [1.82, 2.24) is 0 Å². The summed E-state index contributed by atoms with van der Waals surface area (Å²) in [6, 6.07) is 13.8. The molecule has 0 saturated heterocycles. The van der Waals surface area contributed by atoms with Crippen LogP contribution in [0.4, 0.5) is 15.8 Å². The maximum absolute atomic E-state index is 14.5. The second-order valence-electron chi connectivity index (χ2n) is 6.03. The number of amides is 1. The fourth-order valence-electron chi connectivity index (χ4n) is 2.56. The molecule has 0 atom stereocenters. The average Bonchev–Trinajstić information content (AvgIpc) is 2.69. The van der Waals surface area contributed by atoms with Crippen molar-refractivity contribution in [2.45, 2.75) is 4.90 Å². The van der Waals surface area contributed by atoms with E-state index in [2.05, 4.69) is 10.0 Å². The molecule has 0 unspecified atom stereocenters. The summed E-state index contributed by atoms with van der Waals surface area (Å²) in [6.45, 7) is 0. The van der Waals surface area contributed by atoms with Gasteiger partial charge >= 0.3 is 0 Å². The van der Waals surface area contributed by atoms with Crippen LogP contribution in [0, 0.1) is 5.82 Å². The summed E-state index contributed by atoms with van der Waals surface area (Å²) in [5.41, 5.74) is 0.0608. The first-order valence-corrected chi connectivity index (χ1v) is 10.7. The Morgan fingerprint density at radius 2 is 1.73 bits per heavy atom. The zero-order valence-corrected chi connectivity index (χ0v) is 17.8. The summed E-state index contributed by atoms with van der Waals surface area (Å²) in [5.74, 6) is -1.32. The van der Waals surface area contributed by atoms with Crippen LogP contribution in [0.2, 0.25) is 10.0 Å². The molecular formula is C20H15Cl2FN2O4S. The lowest BCUT2D eigenvalue weighted by Crippen LogP contribution is -2.16. The minimum Gasteiger partial charge on any atom is -0.495 e. The Hall–Kier alpha value is -2.81. The van der Waals surface area contributed by atoms with Gasteiger partial charge in [0.05, 0.1) is 34.0 Å². The fourth-order valence-corrected chi connectivity index (χ4v) is 4.03. The van der Waals surface area contributed by atoms with E-state index in [-0.39, 0.29) is 37.6 Å². The number of rotatable bonds is 6. The number of benzene rings is 3. The summed E-state index contributed by atoms with van der Waals surface area (Å²) in [4.78, 5) is 11.9. The van der Waals surface area contributed by atoms with Gasteiger partial charge in [-0.3, -0.25) is 9.52 Å². The van der Waals surface area contributed by atoms with Crippen molar-refractivity contribution in [3.63, 3.8) is 0 Å². The van der Waals surface area contributed by atoms with Gasteiger partial charge in [0, 0.05) is 5.02 Å². The van der Waals surface area contributed by atoms with E-state index in [9.17, 15) is 17.6 Å². The molecule has 6 nitrogen and oxygen atoms in total. The number of sulfonamides is 1. The number of carbonyl (C=O) groups is 1. The first-order chi connectivity index (χ1) is 14.2. The maximum atomic E-state index is 14.5. The van der Waals surface area contributed by atoms with E-state index < -0.39 is 21.7 Å². The van der Waals surface area contributed by atoms with Gasteiger partial charge in [-0.15, -0.1) is 0 Å². The molecular weight excluding hydrogens is 454 g/mol. The third-order valence-electron chi connectivity index (χ3n) is 4.02. The monoisotopic (exact) mass is 468 g/mol. The molecule has 3 aromatic carbocycles. The van der Waals surface area contributed by atoms with Gasteiger partial charge in [-0.25, -0.2) is 12.8 Å². The van der Waals surface area contributed by atoms with Crippen LogP contribution >= 0.6 is 23.2 Å². The van der Waals surface area contributed by atoms with Crippen molar-refractivity contribution in [2.24, 2.45) is 0 Å². The normalized spacial score (nSPS) is 11.1. The van der Waals surface area contributed by atoms with Crippen LogP contribution in [0.15, 0.2) is 65.6 Å². The van der Waals surface area contributed by atoms with Gasteiger partial charge in [0.2, 0.25) is 0 Å². The molecule has 0 heterocycles. The van der Waals surface area contributed by atoms with Crippen molar-refractivity contribution in [2.75, 3.05) is 17.1 Å². The molecule has 3 rings (SSSR count). The SMILES string of the molecule is COc1ccc(Cl)cc1NS(=O)(=O)c1ccc(NC(=O)c2ccccc2Cl)c(F)c1. The van der Waals surface area contributed by atoms with E-state index in [0.29, 0.717) is 0 Å². The number of carbonyl (C=O) groups excluding carboxylic acids is 1. The zero-order valence-electron chi connectivity index (χ0n) is 15.4. The smallest absolute Gasteiger partial charge is 0.262 e. The highest BCUT2D eigenvalue weighted by Gasteiger charge is 2.20. The lowest BCUT2D eigenvalue weighted by molar-refractivity contribution is 0.102. The Labute approximate surface area is 182 Å². The van der Waals surface area contributed by atoms with Crippen molar-refractivity contribution in [1.29, 1.82) is 0 Å². The molecule has 0 fully saturated rings. The van der Waals surface area contributed by atoms with E-state index in [1.807, 2.05) is 0 Å². The summed E-state index contributed by atoms with van der Waals surface area (Å²) >= 11 is 11.9. The van der Waals surface area contributed by atoms with Gasteiger partial charge in [-0.05, 0) is 48.5 Å². The molecule has 0 spiro atoms. The van der Waals surface area contributed by atoms with E-state index in [0.717, 1.165) is 18.2 Å². The first-order valence-electron chi connectivity index (χ1n) is 8.43. The molecule has 2 N–H and O–H groups in total. The molecule has 0 aromatic heterocycles. The molecule has 0 saturated carbocycles. The summed E-state index contributed by atoms with van der Waals surface area (Å²) < 4.78 is 47.2. The summed E-state index contributed by atoms with van der Waals surface area (Å²) in [5, 5.41) is 2.86. The van der Waals surface area contributed by atoms with E-state index in [4.69, 9.17) is 27.9 Å². The number of hydrogen-bond donors (Lipinski definition) is 2. The largest absolute Gasteiger partial charge is 0.495 e. The van der Waals surface area contributed by atoms with Crippen molar-refractivity contribution in [3.8, 4) is 5.75 Å². The lowest BCUT2D eigenvalue weighted by atomic mass is 10.2. The molecule has 3 aromatic rings. The topological polar surface area (TPSA) is 84.5 Å². The lowest BCUT2D eigenvalue weighted by Gasteiger charge is -2.13. The number of anilines is 2. The standard InChI is InChI=1S/C20H15Cl2FN2O4S/c1-29-19-9-6-12(21)10-18(19)25-30(27,28)13-7-8-17(16(23)11-13)24-20(26)14-4-2-3-5-15(14)22/h2-11,25H,1H3,(H,24,26). The predicted octanol–water partition coefficient (Wildman–Crippen LogP) is 5.19. The molecule has 1 amide bonds. The van der Waals surface area contributed by atoms with Crippen LogP contribution in [0.1, 0.15) is 10.4 Å². The van der Waals surface area contributed by atoms with Gasteiger partial charge in [-0.2, -0.15) is 0 Å². The van der Waals surface area contributed by atoms with E-state index in [1.54, 1.807) is 12.1 Å². The van der Waals surface area contributed by atoms with E-state index >= 15 is 0 Å². The Bertz CT molecular complexity index is 1220. The van der Waals surface area contributed by atoms with Crippen molar-refractivity contribution in [3.05, 3.63) is 82.1 Å². The zero-order chi connectivity index (χ0) is 21.9. The highest BCUT2D eigenvalue weighted by atomic mass is 35.5. The predicted molar refractivity (Wildman–Crippen MR) is 115 cm³/mol. The molecule has 0 aliphatic heterocycles. The quantitative estimate of drug-likeness (QED) is 0.520. The number of nitrogens with one attached hydrogen (secondary N) is 2. The second-order valence-corrected chi connectivity index (χ2v) is 8.55. The maximum Gasteiger partial charge on any atom is 0.262 e. The molecule has 0 bridgehead atoms. The van der Waals surface area contributed by atoms with Crippen LogP contribution in [0.5, 0.6) is 5.75 Å². The minimum absolute atomic E-state index is 0.0986. The van der Waals surface area contributed by atoms with Gasteiger partial charge in [-0.1, -0.05) is 35.3 Å². The molecule has 0 aliphatic carbocycles. The van der Waals surface area contributed by atoms with Crippen LogP contribution in [-0.2, 0) is 10.0 Å². The van der Waals surface area contributed by atoms with E-state index in [1.165, 1.54) is 37.4 Å².